The molecule has 0 spiro atoms. The summed E-state index contributed by atoms with van der Waals surface area (Å²) in [7, 11) is 3.01. The number of methoxy groups -OCH3 is 2. The molecule has 0 amide bonds. The summed E-state index contributed by atoms with van der Waals surface area (Å²) in [5.41, 5.74) is 1.44. The number of carbonyl (C=O) groups is 1. The molecule has 220 valence electrons. The second kappa shape index (κ2) is 12.8. The molecule has 43 heavy (non-hydrogen) atoms. The number of benzene rings is 2. The van der Waals surface area contributed by atoms with Crippen molar-refractivity contribution < 1.29 is 32.5 Å². The quantitative estimate of drug-likeness (QED) is 0.145. The molecule has 0 radical (unpaired) electrons. The van der Waals surface area contributed by atoms with Gasteiger partial charge in [0.25, 0.3) is 11.4 Å². The lowest BCUT2D eigenvalue weighted by Crippen LogP contribution is -2.27. The lowest BCUT2D eigenvalue weighted by Gasteiger charge is -2.13. The van der Waals surface area contributed by atoms with Gasteiger partial charge >= 0.3 is 0 Å². The summed E-state index contributed by atoms with van der Waals surface area (Å²) >= 11 is 0. The van der Waals surface area contributed by atoms with Crippen molar-refractivity contribution in [2.45, 2.75) is 13.3 Å². The molecular formula is C32H27F2N3O6. The highest BCUT2D eigenvalue weighted by Crippen LogP contribution is 2.35. The van der Waals surface area contributed by atoms with Gasteiger partial charge < -0.3 is 18.9 Å². The van der Waals surface area contributed by atoms with Crippen LogP contribution in [0.5, 0.6) is 23.1 Å². The predicted octanol–water partition coefficient (Wildman–Crippen LogP) is 5.62. The first-order valence-electron chi connectivity index (χ1n) is 13.2. The number of hydrogen-bond donors (Lipinski definition) is 0. The molecular weight excluding hydrogens is 560 g/mol. The van der Waals surface area contributed by atoms with E-state index in [4.69, 9.17) is 18.9 Å². The lowest BCUT2D eigenvalue weighted by molar-refractivity contribution is 0.0990. The van der Waals surface area contributed by atoms with E-state index in [-0.39, 0.29) is 36.0 Å². The lowest BCUT2D eigenvalue weighted by atomic mass is 10.0. The predicted molar refractivity (Wildman–Crippen MR) is 155 cm³/mol. The van der Waals surface area contributed by atoms with Crippen LogP contribution in [0.25, 0.3) is 16.7 Å². The number of ether oxygens (including phenoxy) is 4. The SMILES string of the molecule is COCCOc1cc2nccc(Oc3ccc(CC(=O)c4c(C)ccn(-c5ccc(F)cc5)c4=O)cc3F)c2nc1OC. The number of carbonyl (C=O) groups excluding carboxylic acids is 1. The molecule has 0 bridgehead atoms. The zero-order valence-corrected chi connectivity index (χ0v) is 23.6. The number of halogens is 2. The van der Waals surface area contributed by atoms with Crippen LogP contribution in [-0.2, 0) is 11.2 Å². The van der Waals surface area contributed by atoms with Crippen LogP contribution in [0, 0.1) is 18.6 Å². The molecule has 5 rings (SSSR count). The molecule has 0 saturated carbocycles. The Labute approximate surface area is 245 Å². The van der Waals surface area contributed by atoms with Crippen molar-refractivity contribution in [1.29, 1.82) is 0 Å². The summed E-state index contributed by atoms with van der Waals surface area (Å²) < 4.78 is 51.7. The Morgan fingerprint density at radius 3 is 2.44 bits per heavy atom. The number of nitrogens with zero attached hydrogens (tertiary/aromatic N) is 3. The van der Waals surface area contributed by atoms with Gasteiger partial charge in [0.05, 0.1) is 24.8 Å². The molecule has 0 saturated heterocycles. The Hall–Kier alpha value is -5.16. The highest BCUT2D eigenvalue weighted by molar-refractivity contribution is 5.98. The Morgan fingerprint density at radius 1 is 0.930 bits per heavy atom. The van der Waals surface area contributed by atoms with E-state index in [0.29, 0.717) is 40.2 Å². The van der Waals surface area contributed by atoms with Crippen LogP contribution in [-0.4, -0.2) is 47.8 Å². The highest BCUT2D eigenvalue weighted by Gasteiger charge is 2.19. The normalized spacial score (nSPS) is 11.0. The number of fused-ring (bicyclic) bond motifs is 1. The Bertz CT molecular complexity index is 1860. The maximum atomic E-state index is 15.2. The molecule has 5 aromatic rings. The van der Waals surface area contributed by atoms with E-state index < -0.39 is 23.0 Å². The average molecular weight is 588 g/mol. The number of aromatic nitrogens is 3. The summed E-state index contributed by atoms with van der Waals surface area (Å²) in [5.74, 6) is -0.932. The van der Waals surface area contributed by atoms with Crippen LogP contribution in [0.1, 0.15) is 21.5 Å². The molecule has 0 fully saturated rings. The van der Waals surface area contributed by atoms with Gasteiger partial charge in [0.15, 0.2) is 28.8 Å². The van der Waals surface area contributed by atoms with E-state index in [1.54, 1.807) is 38.3 Å². The Morgan fingerprint density at radius 2 is 1.72 bits per heavy atom. The van der Waals surface area contributed by atoms with Crippen LogP contribution in [0.3, 0.4) is 0 Å². The standard InChI is InChI=1S/C32H27F2N3O6/c1-19-11-13-37(22-7-5-21(33)6-8-22)32(39)29(19)25(38)17-20-4-9-26(23(34)16-20)43-27-10-12-35-24-18-28(42-15-14-40-2)31(41-3)36-30(24)27/h4-13,16,18H,14-15,17H2,1-3H3. The van der Waals surface area contributed by atoms with E-state index in [1.807, 2.05) is 0 Å². The van der Waals surface area contributed by atoms with Gasteiger partial charge in [0.1, 0.15) is 17.9 Å². The van der Waals surface area contributed by atoms with E-state index in [2.05, 4.69) is 9.97 Å². The maximum Gasteiger partial charge on any atom is 0.266 e. The maximum absolute atomic E-state index is 15.2. The monoisotopic (exact) mass is 587 g/mol. The fourth-order valence-electron chi connectivity index (χ4n) is 4.48. The third-order valence-corrected chi connectivity index (χ3v) is 6.61. The summed E-state index contributed by atoms with van der Waals surface area (Å²) in [6.07, 6.45) is 2.80. The number of Topliss-reactive ketones (excluding diaryl/α,β-unsaturated/α-hetero) is 1. The number of rotatable bonds is 11. The third kappa shape index (κ3) is 6.36. The summed E-state index contributed by atoms with van der Waals surface area (Å²) in [5, 5.41) is 0. The minimum atomic E-state index is -0.713. The topological polar surface area (TPSA) is 102 Å². The van der Waals surface area contributed by atoms with Gasteiger partial charge in [-0.25, -0.2) is 13.8 Å². The second-order valence-corrected chi connectivity index (χ2v) is 9.51. The van der Waals surface area contributed by atoms with E-state index in [9.17, 15) is 14.0 Å². The Balaban J connectivity index is 1.38. The first-order chi connectivity index (χ1) is 20.8. The number of pyridine rings is 3. The van der Waals surface area contributed by atoms with Crippen LogP contribution in [0.2, 0.25) is 0 Å². The molecule has 3 aromatic heterocycles. The van der Waals surface area contributed by atoms with Gasteiger partial charge in [0.2, 0.25) is 0 Å². The third-order valence-electron chi connectivity index (χ3n) is 6.61. The zero-order valence-electron chi connectivity index (χ0n) is 23.6. The molecule has 9 nitrogen and oxygen atoms in total. The van der Waals surface area contributed by atoms with Crippen molar-refractivity contribution in [3.05, 3.63) is 112 Å². The summed E-state index contributed by atoms with van der Waals surface area (Å²) in [6, 6.07) is 14.3. The van der Waals surface area contributed by atoms with Crippen molar-refractivity contribution in [3.63, 3.8) is 0 Å². The molecule has 0 unspecified atom stereocenters. The number of ketones is 1. The summed E-state index contributed by atoms with van der Waals surface area (Å²) in [4.78, 5) is 35.2. The molecule has 0 atom stereocenters. The van der Waals surface area contributed by atoms with E-state index >= 15 is 4.39 Å². The molecule has 11 heteroatoms. The van der Waals surface area contributed by atoms with Gasteiger partial charge in [-0.2, -0.15) is 0 Å². The molecule has 3 heterocycles. The van der Waals surface area contributed by atoms with Crippen LogP contribution in [0.15, 0.2) is 77.9 Å². The van der Waals surface area contributed by atoms with Gasteiger partial charge in [-0.1, -0.05) is 6.07 Å². The minimum Gasteiger partial charge on any atom is -0.485 e. The largest absolute Gasteiger partial charge is 0.485 e. The van der Waals surface area contributed by atoms with Crippen molar-refractivity contribution >= 4 is 16.8 Å². The number of hydrogen-bond acceptors (Lipinski definition) is 8. The molecule has 0 aliphatic carbocycles. The smallest absolute Gasteiger partial charge is 0.266 e. The second-order valence-electron chi connectivity index (χ2n) is 9.51. The van der Waals surface area contributed by atoms with Crippen molar-refractivity contribution in [1.82, 2.24) is 14.5 Å². The Kier molecular flexibility index (Phi) is 8.72. The molecule has 0 N–H and O–H groups in total. The van der Waals surface area contributed by atoms with Crippen LogP contribution in [0.4, 0.5) is 8.78 Å². The van der Waals surface area contributed by atoms with Gasteiger partial charge in [-0.05, 0) is 60.5 Å². The molecule has 2 aromatic carbocycles. The van der Waals surface area contributed by atoms with Crippen molar-refractivity contribution in [3.8, 4) is 28.8 Å². The van der Waals surface area contributed by atoms with Gasteiger partial charge in [-0.15, -0.1) is 0 Å². The van der Waals surface area contributed by atoms with Crippen molar-refractivity contribution in [2.75, 3.05) is 27.4 Å². The fraction of sp³-hybridized carbons (Fsp3) is 0.188. The fourth-order valence-corrected chi connectivity index (χ4v) is 4.48. The number of aryl methyl sites for hydroxylation is 1. The van der Waals surface area contributed by atoms with Gasteiger partial charge in [0, 0.05) is 43.7 Å². The van der Waals surface area contributed by atoms with E-state index in [1.165, 1.54) is 60.5 Å². The minimum absolute atomic E-state index is 0.0265. The highest BCUT2D eigenvalue weighted by atomic mass is 19.1. The molecule has 0 aliphatic rings. The zero-order chi connectivity index (χ0) is 30.5. The first kappa shape index (κ1) is 29.3. The summed E-state index contributed by atoms with van der Waals surface area (Å²) in [6.45, 7) is 2.31. The first-order valence-corrected chi connectivity index (χ1v) is 13.2. The van der Waals surface area contributed by atoms with Crippen LogP contribution >= 0.6 is 0 Å². The average Bonchev–Trinajstić information content (AvgIpc) is 2.99. The van der Waals surface area contributed by atoms with E-state index in [0.717, 1.165) is 0 Å². The molecule has 0 aliphatic heterocycles. The van der Waals surface area contributed by atoms with Crippen molar-refractivity contribution in [2.24, 2.45) is 0 Å². The van der Waals surface area contributed by atoms with Gasteiger partial charge in [-0.3, -0.25) is 19.1 Å². The van der Waals surface area contributed by atoms with Crippen LogP contribution < -0.4 is 19.8 Å².